The third-order valence-corrected chi connectivity index (χ3v) is 4.71. The molecule has 104 valence electrons. The Labute approximate surface area is 125 Å². The highest BCUT2D eigenvalue weighted by Crippen LogP contribution is 2.39. The molecule has 3 rings (SSSR count). The van der Waals surface area contributed by atoms with E-state index in [0.29, 0.717) is 5.92 Å². The van der Waals surface area contributed by atoms with Crippen LogP contribution in [0.1, 0.15) is 47.9 Å². The van der Waals surface area contributed by atoms with Crippen molar-refractivity contribution in [2.75, 3.05) is 0 Å². The molecule has 2 aromatic carbocycles. The number of benzene rings is 2. The van der Waals surface area contributed by atoms with E-state index < -0.39 is 0 Å². The molecule has 0 aliphatic heterocycles. The van der Waals surface area contributed by atoms with Gasteiger partial charge in [0.25, 0.3) is 0 Å². The number of rotatable bonds is 4. The fourth-order valence-corrected chi connectivity index (χ4v) is 3.16. The first kappa shape index (κ1) is 13.7. The van der Waals surface area contributed by atoms with E-state index in [1.807, 2.05) is 18.2 Å². The molecule has 1 unspecified atom stereocenters. The Morgan fingerprint density at radius 1 is 1.05 bits per heavy atom. The van der Waals surface area contributed by atoms with Crippen LogP contribution in [0.15, 0.2) is 48.5 Å². The van der Waals surface area contributed by atoms with Crippen LogP contribution < -0.4 is 5.73 Å². The van der Waals surface area contributed by atoms with Gasteiger partial charge in [0.05, 0.1) is 0 Å². The van der Waals surface area contributed by atoms with Crippen LogP contribution in [0.3, 0.4) is 0 Å². The molecular weight excluding hydrogens is 266 g/mol. The molecule has 1 aliphatic carbocycles. The molecular formula is C18H20ClN. The number of hydrogen-bond donors (Lipinski definition) is 1. The van der Waals surface area contributed by atoms with Crippen LogP contribution in [0.5, 0.6) is 0 Å². The molecule has 1 aliphatic rings. The largest absolute Gasteiger partial charge is 0.324 e. The van der Waals surface area contributed by atoms with Crippen LogP contribution >= 0.6 is 11.6 Å². The Morgan fingerprint density at radius 2 is 1.75 bits per heavy atom. The summed E-state index contributed by atoms with van der Waals surface area (Å²) in [4.78, 5) is 0. The first-order valence-electron chi connectivity index (χ1n) is 7.33. The Balaban J connectivity index is 1.83. The molecule has 2 N–H and O–H groups in total. The van der Waals surface area contributed by atoms with Gasteiger partial charge in [0.2, 0.25) is 0 Å². The van der Waals surface area contributed by atoms with E-state index in [1.54, 1.807) is 0 Å². The molecule has 1 atom stereocenters. The average molecular weight is 286 g/mol. The molecule has 0 aromatic heterocycles. The normalized spacial score (nSPS) is 16.7. The van der Waals surface area contributed by atoms with Crippen molar-refractivity contribution in [2.45, 2.75) is 37.6 Å². The van der Waals surface area contributed by atoms with Crippen molar-refractivity contribution in [2.24, 2.45) is 5.73 Å². The topological polar surface area (TPSA) is 26.0 Å². The summed E-state index contributed by atoms with van der Waals surface area (Å²) in [5.41, 5.74) is 10.3. The zero-order valence-electron chi connectivity index (χ0n) is 11.6. The van der Waals surface area contributed by atoms with Crippen LogP contribution in [0.25, 0.3) is 0 Å². The van der Waals surface area contributed by atoms with Crippen molar-refractivity contribution in [3.8, 4) is 0 Å². The van der Waals surface area contributed by atoms with Gasteiger partial charge in [0.1, 0.15) is 0 Å². The minimum absolute atomic E-state index is 0.0201. The van der Waals surface area contributed by atoms with Crippen molar-refractivity contribution in [1.29, 1.82) is 0 Å². The van der Waals surface area contributed by atoms with Gasteiger partial charge in [-0.3, -0.25) is 0 Å². The van der Waals surface area contributed by atoms with Crippen molar-refractivity contribution < 1.29 is 0 Å². The highest BCUT2D eigenvalue weighted by molar-refractivity contribution is 6.31. The molecule has 1 fully saturated rings. The highest BCUT2D eigenvalue weighted by atomic mass is 35.5. The van der Waals surface area contributed by atoms with E-state index >= 15 is 0 Å². The Kier molecular flexibility index (Phi) is 4.09. The van der Waals surface area contributed by atoms with Crippen molar-refractivity contribution >= 4 is 11.6 Å². The van der Waals surface area contributed by atoms with Gasteiger partial charge in [0, 0.05) is 11.1 Å². The molecule has 20 heavy (non-hydrogen) atoms. The quantitative estimate of drug-likeness (QED) is 0.854. The highest BCUT2D eigenvalue weighted by Gasteiger charge is 2.23. The summed E-state index contributed by atoms with van der Waals surface area (Å²) >= 11 is 6.24. The van der Waals surface area contributed by atoms with Gasteiger partial charge in [-0.25, -0.2) is 0 Å². The fraction of sp³-hybridized carbons (Fsp3) is 0.333. The number of halogens is 1. The molecule has 1 nitrogen and oxygen atoms in total. The lowest BCUT2D eigenvalue weighted by atomic mass is 9.77. The van der Waals surface area contributed by atoms with Crippen LogP contribution in [-0.4, -0.2) is 0 Å². The summed E-state index contributed by atoms with van der Waals surface area (Å²) in [5, 5.41) is 0.809. The summed E-state index contributed by atoms with van der Waals surface area (Å²) in [6, 6.07) is 16.6. The van der Waals surface area contributed by atoms with E-state index in [1.165, 1.54) is 30.4 Å². The molecule has 0 heterocycles. The second-order valence-electron chi connectivity index (χ2n) is 5.66. The maximum Gasteiger partial charge on any atom is 0.0438 e. The van der Waals surface area contributed by atoms with Gasteiger partial charge < -0.3 is 5.73 Å². The fourth-order valence-electron chi connectivity index (χ4n) is 2.95. The molecule has 0 saturated heterocycles. The van der Waals surface area contributed by atoms with Crippen molar-refractivity contribution in [3.63, 3.8) is 0 Å². The maximum atomic E-state index is 6.45. The Hall–Kier alpha value is -1.31. The molecule has 0 spiro atoms. The average Bonchev–Trinajstić information content (AvgIpc) is 2.40. The van der Waals surface area contributed by atoms with Crippen LogP contribution in [-0.2, 0) is 6.42 Å². The second kappa shape index (κ2) is 5.99. The van der Waals surface area contributed by atoms with Crippen LogP contribution in [0, 0.1) is 0 Å². The first-order valence-corrected chi connectivity index (χ1v) is 7.71. The van der Waals surface area contributed by atoms with Gasteiger partial charge in [-0.1, -0.05) is 60.5 Å². The third-order valence-electron chi connectivity index (χ3n) is 4.34. The van der Waals surface area contributed by atoms with E-state index in [0.717, 1.165) is 17.0 Å². The molecule has 0 amide bonds. The van der Waals surface area contributed by atoms with E-state index in [9.17, 15) is 0 Å². The molecule has 0 radical (unpaired) electrons. The third kappa shape index (κ3) is 2.74. The van der Waals surface area contributed by atoms with Gasteiger partial charge in [-0.15, -0.1) is 0 Å². The molecule has 0 bridgehead atoms. The standard InChI is InChI=1S/C18H20ClN/c19-17-11-4-1-6-14(17)12-18(20)16-10-3-2-9-15(16)13-7-5-8-13/h1-4,6,9-11,13,18H,5,7-8,12,20H2. The summed E-state index contributed by atoms with van der Waals surface area (Å²) < 4.78 is 0. The summed E-state index contributed by atoms with van der Waals surface area (Å²) in [6.45, 7) is 0. The second-order valence-corrected chi connectivity index (χ2v) is 6.07. The van der Waals surface area contributed by atoms with E-state index in [2.05, 4.69) is 30.3 Å². The smallest absolute Gasteiger partial charge is 0.0438 e. The summed E-state index contributed by atoms with van der Waals surface area (Å²) in [7, 11) is 0. The van der Waals surface area contributed by atoms with Crippen molar-refractivity contribution in [3.05, 3.63) is 70.2 Å². The zero-order chi connectivity index (χ0) is 13.9. The maximum absolute atomic E-state index is 6.45. The minimum atomic E-state index is 0.0201. The first-order chi connectivity index (χ1) is 9.75. The SMILES string of the molecule is NC(Cc1ccccc1Cl)c1ccccc1C1CCC1. The van der Waals surface area contributed by atoms with Gasteiger partial charge in [-0.2, -0.15) is 0 Å². The van der Waals surface area contributed by atoms with Gasteiger partial charge in [0.15, 0.2) is 0 Å². The lowest BCUT2D eigenvalue weighted by Gasteiger charge is -2.29. The van der Waals surface area contributed by atoms with Crippen LogP contribution in [0.2, 0.25) is 5.02 Å². The monoisotopic (exact) mass is 285 g/mol. The lowest BCUT2D eigenvalue weighted by Crippen LogP contribution is -2.19. The predicted octanol–water partition coefficient (Wildman–Crippen LogP) is 4.85. The van der Waals surface area contributed by atoms with Crippen molar-refractivity contribution in [1.82, 2.24) is 0 Å². The number of nitrogens with two attached hydrogens (primary N) is 1. The summed E-state index contributed by atoms with van der Waals surface area (Å²) in [6.07, 6.45) is 4.74. The zero-order valence-corrected chi connectivity index (χ0v) is 12.3. The van der Waals surface area contributed by atoms with Gasteiger partial charge in [-0.05, 0) is 47.9 Å². The van der Waals surface area contributed by atoms with Crippen LogP contribution in [0.4, 0.5) is 0 Å². The Morgan fingerprint density at radius 3 is 2.45 bits per heavy atom. The molecule has 2 aromatic rings. The van der Waals surface area contributed by atoms with E-state index in [-0.39, 0.29) is 6.04 Å². The lowest BCUT2D eigenvalue weighted by molar-refractivity contribution is 0.415. The molecule has 2 heteroatoms. The Bertz CT molecular complexity index is 589. The van der Waals surface area contributed by atoms with Gasteiger partial charge >= 0.3 is 0 Å². The number of hydrogen-bond acceptors (Lipinski definition) is 1. The molecule has 1 saturated carbocycles. The minimum Gasteiger partial charge on any atom is -0.324 e. The summed E-state index contributed by atoms with van der Waals surface area (Å²) in [5.74, 6) is 0.712. The van der Waals surface area contributed by atoms with E-state index in [4.69, 9.17) is 17.3 Å². The predicted molar refractivity (Wildman–Crippen MR) is 85.1 cm³/mol.